The molecule has 0 spiro atoms. The van der Waals surface area contributed by atoms with Gasteiger partial charge in [0.15, 0.2) is 5.76 Å². The van der Waals surface area contributed by atoms with Crippen LogP contribution in [-0.4, -0.2) is 29.5 Å². The molecule has 4 rings (SSSR count). The highest BCUT2D eigenvalue weighted by molar-refractivity contribution is 5.94. The molecule has 0 bridgehead atoms. The molecule has 0 aliphatic heterocycles. The van der Waals surface area contributed by atoms with E-state index < -0.39 is 0 Å². The van der Waals surface area contributed by atoms with Crippen molar-refractivity contribution in [3.05, 3.63) is 60.3 Å². The normalized spacial score (nSPS) is 11.0. The second-order valence-electron chi connectivity index (χ2n) is 6.40. The molecule has 0 atom stereocenters. The van der Waals surface area contributed by atoms with Crippen LogP contribution in [0.4, 0.5) is 11.7 Å². The fourth-order valence-electron chi connectivity index (χ4n) is 3.03. The highest BCUT2D eigenvalue weighted by Gasteiger charge is 2.16. The van der Waals surface area contributed by atoms with Crippen LogP contribution in [-0.2, 0) is 0 Å². The van der Waals surface area contributed by atoms with Gasteiger partial charge in [0.2, 0.25) is 5.88 Å². The number of carbonyl (C=O) groups excluding carboxylic acids is 1. The number of amides is 1. The summed E-state index contributed by atoms with van der Waals surface area (Å²) in [7, 11) is 1.90. The quantitative estimate of drug-likeness (QED) is 0.559. The zero-order valence-corrected chi connectivity index (χ0v) is 15.9. The molecule has 1 aromatic carbocycles. The van der Waals surface area contributed by atoms with Crippen molar-refractivity contribution < 1.29 is 13.6 Å². The first-order chi connectivity index (χ1) is 13.6. The Morgan fingerprint density at radius 2 is 1.96 bits per heavy atom. The lowest BCUT2D eigenvalue weighted by molar-refractivity contribution is 0.0929. The van der Waals surface area contributed by atoms with E-state index in [4.69, 9.17) is 8.83 Å². The van der Waals surface area contributed by atoms with Gasteiger partial charge in [-0.15, -0.1) is 0 Å². The van der Waals surface area contributed by atoms with Crippen LogP contribution < -0.4 is 10.2 Å². The molecule has 7 heteroatoms. The molecular weight excluding hydrogens is 356 g/mol. The summed E-state index contributed by atoms with van der Waals surface area (Å²) in [5.74, 6) is 2.90. The van der Waals surface area contributed by atoms with Crippen LogP contribution in [0.1, 0.15) is 23.2 Å². The van der Waals surface area contributed by atoms with Gasteiger partial charge in [0.1, 0.15) is 23.7 Å². The third-order valence-electron chi connectivity index (χ3n) is 4.44. The zero-order chi connectivity index (χ0) is 19.7. The Balaban J connectivity index is 1.75. The number of anilines is 2. The minimum absolute atomic E-state index is 0.230. The topological polar surface area (TPSA) is 84.4 Å². The summed E-state index contributed by atoms with van der Waals surface area (Å²) in [6, 6.07) is 13.0. The van der Waals surface area contributed by atoms with E-state index in [9.17, 15) is 4.79 Å². The van der Waals surface area contributed by atoms with E-state index in [-0.39, 0.29) is 11.7 Å². The lowest BCUT2D eigenvalue weighted by atomic mass is 10.1. The van der Waals surface area contributed by atoms with Crippen LogP contribution in [0.15, 0.2) is 57.6 Å². The Kier molecular flexibility index (Phi) is 4.57. The summed E-state index contributed by atoms with van der Waals surface area (Å²) >= 11 is 0. The maximum Gasteiger partial charge on any atom is 0.287 e. The van der Waals surface area contributed by atoms with Crippen LogP contribution in [0.5, 0.6) is 0 Å². The first kappa shape index (κ1) is 17.8. The molecule has 1 N–H and O–H groups in total. The molecule has 142 valence electrons. The van der Waals surface area contributed by atoms with Gasteiger partial charge in [0.25, 0.3) is 5.91 Å². The molecule has 0 saturated carbocycles. The number of furan rings is 2. The van der Waals surface area contributed by atoms with E-state index in [1.54, 1.807) is 12.1 Å². The van der Waals surface area contributed by atoms with Crippen LogP contribution in [0.2, 0.25) is 0 Å². The maximum atomic E-state index is 12.0. The lowest BCUT2D eigenvalue weighted by Gasteiger charge is -2.17. The number of aromatic nitrogens is 2. The number of benzene rings is 1. The Hall–Kier alpha value is -3.61. The zero-order valence-electron chi connectivity index (χ0n) is 15.9. The first-order valence-electron chi connectivity index (χ1n) is 9.00. The van der Waals surface area contributed by atoms with Crippen molar-refractivity contribution in [2.75, 3.05) is 18.5 Å². The van der Waals surface area contributed by atoms with Crippen molar-refractivity contribution in [3.63, 3.8) is 0 Å². The van der Waals surface area contributed by atoms with Gasteiger partial charge < -0.3 is 14.2 Å². The van der Waals surface area contributed by atoms with Crippen molar-refractivity contribution in [1.82, 2.24) is 15.3 Å². The van der Waals surface area contributed by atoms with E-state index in [0.29, 0.717) is 18.2 Å². The molecule has 4 aromatic rings. The Bertz CT molecular complexity index is 1150. The minimum atomic E-state index is -0.230. The summed E-state index contributed by atoms with van der Waals surface area (Å²) in [4.78, 5) is 22.6. The number of nitrogens with one attached hydrogen (secondary N) is 1. The summed E-state index contributed by atoms with van der Waals surface area (Å²) in [5, 5.41) is 3.58. The SMILES string of the molecule is CCNC(=O)c1ccc(-c2ccc3ncnc(N(C)c4ccc(C)o4)c3c2)o1. The number of hydrogen-bond donors (Lipinski definition) is 1. The number of rotatable bonds is 5. The van der Waals surface area contributed by atoms with Gasteiger partial charge >= 0.3 is 0 Å². The van der Waals surface area contributed by atoms with Crippen molar-refractivity contribution in [3.8, 4) is 11.3 Å². The van der Waals surface area contributed by atoms with Crippen molar-refractivity contribution in [2.45, 2.75) is 13.8 Å². The van der Waals surface area contributed by atoms with Gasteiger partial charge in [-0.1, -0.05) is 0 Å². The maximum absolute atomic E-state index is 12.0. The van der Waals surface area contributed by atoms with E-state index in [2.05, 4.69) is 15.3 Å². The van der Waals surface area contributed by atoms with Gasteiger partial charge in [-0.3, -0.25) is 9.69 Å². The van der Waals surface area contributed by atoms with Crippen LogP contribution in [0, 0.1) is 6.92 Å². The van der Waals surface area contributed by atoms with E-state index in [1.165, 1.54) is 6.33 Å². The van der Waals surface area contributed by atoms with Crippen LogP contribution in [0.3, 0.4) is 0 Å². The fraction of sp³-hybridized carbons (Fsp3) is 0.190. The highest BCUT2D eigenvalue weighted by atomic mass is 16.4. The largest absolute Gasteiger partial charge is 0.451 e. The molecule has 0 unspecified atom stereocenters. The Morgan fingerprint density at radius 1 is 1.11 bits per heavy atom. The van der Waals surface area contributed by atoms with Gasteiger partial charge in [-0.25, -0.2) is 9.97 Å². The highest BCUT2D eigenvalue weighted by Crippen LogP contribution is 2.32. The van der Waals surface area contributed by atoms with Crippen LogP contribution in [0.25, 0.3) is 22.2 Å². The predicted octanol–water partition coefficient (Wildman–Crippen LogP) is 4.31. The predicted molar refractivity (Wildman–Crippen MR) is 107 cm³/mol. The molecule has 0 radical (unpaired) electrons. The van der Waals surface area contributed by atoms with Gasteiger partial charge in [-0.05, 0) is 50.2 Å². The number of nitrogens with zero attached hydrogens (tertiary/aromatic N) is 3. The first-order valence-corrected chi connectivity index (χ1v) is 9.00. The van der Waals surface area contributed by atoms with E-state index >= 15 is 0 Å². The molecule has 0 aliphatic rings. The molecule has 7 nitrogen and oxygen atoms in total. The number of hydrogen-bond acceptors (Lipinski definition) is 6. The Morgan fingerprint density at radius 3 is 2.71 bits per heavy atom. The third-order valence-corrected chi connectivity index (χ3v) is 4.44. The molecule has 0 aliphatic carbocycles. The lowest BCUT2D eigenvalue weighted by Crippen LogP contribution is -2.21. The van der Waals surface area contributed by atoms with Crippen molar-refractivity contribution in [1.29, 1.82) is 0 Å². The number of fused-ring (bicyclic) bond motifs is 1. The smallest absolute Gasteiger partial charge is 0.287 e. The monoisotopic (exact) mass is 376 g/mol. The van der Waals surface area contributed by atoms with Crippen LogP contribution >= 0.6 is 0 Å². The molecule has 1 amide bonds. The summed E-state index contributed by atoms with van der Waals surface area (Å²) in [6.45, 7) is 4.31. The summed E-state index contributed by atoms with van der Waals surface area (Å²) < 4.78 is 11.5. The van der Waals surface area contributed by atoms with E-state index in [1.807, 2.05) is 56.1 Å². The number of carbonyl (C=O) groups is 1. The second kappa shape index (κ2) is 7.19. The van der Waals surface area contributed by atoms with Crippen molar-refractivity contribution >= 4 is 28.5 Å². The standard InChI is InChI=1S/C21H20N4O3/c1-4-22-21(26)18-9-8-17(28-18)14-6-7-16-15(11-14)20(24-12-23-16)25(3)19-10-5-13(2)27-19/h5-12H,4H2,1-3H3,(H,22,26). The average molecular weight is 376 g/mol. The molecule has 0 fully saturated rings. The Labute approximate surface area is 162 Å². The third kappa shape index (κ3) is 3.22. The number of aryl methyl sites for hydroxylation is 1. The molecule has 0 saturated heterocycles. The van der Waals surface area contributed by atoms with E-state index in [0.717, 1.165) is 28.0 Å². The van der Waals surface area contributed by atoms with Gasteiger partial charge in [-0.2, -0.15) is 0 Å². The minimum Gasteiger partial charge on any atom is -0.451 e. The summed E-state index contributed by atoms with van der Waals surface area (Å²) in [5.41, 5.74) is 1.64. The van der Waals surface area contributed by atoms with Gasteiger partial charge in [0.05, 0.1) is 5.52 Å². The summed E-state index contributed by atoms with van der Waals surface area (Å²) in [6.07, 6.45) is 1.53. The van der Waals surface area contributed by atoms with Crippen molar-refractivity contribution in [2.24, 2.45) is 0 Å². The molecule has 3 heterocycles. The molecule has 28 heavy (non-hydrogen) atoms. The van der Waals surface area contributed by atoms with Gasteiger partial charge in [0, 0.05) is 30.6 Å². The molecular formula is C21H20N4O3. The average Bonchev–Trinajstić information content (AvgIpc) is 3.36. The fourth-order valence-corrected chi connectivity index (χ4v) is 3.03. The second-order valence-corrected chi connectivity index (χ2v) is 6.40. The molecule has 3 aromatic heterocycles.